The first kappa shape index (κ1) is 13.7. The molecule has 0 bridgehead atoms. The van der Waals surface area contributed by atoms with Crippen LogP contribution in [0.4, 0.5) is 0 Å². The lowest BCUT2D eigenvalue weighted by Crippen LogP contribution is -2.36. The summed E-state index contributed by atoms with van der Waals surface area (Å²) >= 11 is 0. The zero-order valence-electron chi connectivity index (χ0n) is 11.2. The topological polar surface area (TPSA) is 32.3 Å². The number of hydrogen-bond acceptors (Lipinski definition) is 2. The number of nitrogens with one attached hydrogen (secondary N) is 1. The summed E-state index contributed by atoms with van der Waals surface area (Å²) in [5, 5.41) is 1.67. The van der Waals surface area contributed by atoms with Gasteiger partial charge in [-0.25, -0.2) is 5.01 Å². The summed E-state index contributed by atoms with van der Waals surface area (Å²) in [6.45, 7) is 4.36. The molecule has 0 atom stereocenters. The lowest BCUT2D eigenvalue weighted by atomic mass is 10.0. The number of amides is 1. The van der Waals surface area contributed by atoms with Gasteiger partial charge in [-0.1, -0.05) is 38.1 Å². The normalized spacial score (nSPS) is 10.9. The summed E-state index contributed by atoms with van der Waals surface area (Å²) < 4.78 is 0. The highest BCUT2D eigenvalue weighted by atomic mass is 16.2. The van der Waals surface area contributed by atoms with Crippen molar-refractivity contribution in [3.05, 3.63) is 35.4 Å². The number of carbonyl (C=O) groups excluding carboxylic acids is 1. The van der Waals surface area contributed by atoms with Gasteiger partial charge in [0.25, 0.3) is 0 Å². The number of hydrogen-bond donors (Lipinski definition) is 1. The van der Waals surface area contributed by atoms with Gasteiger partial charge in [0, 0.05) is 20.5 Å². The van der Waals surface area contributed by atoms with Crippen LogP contribution in [-0.2, 0) is 11.2 Å². The van der Waals surface area contributed by atoms with E-state index in [0.717, 1.165) is 6.42 Å². The first-order valence-electron chi connectivity index (χ1n) is 6.04. The second kappa shape index (κ2) is 6.40. The van der Waals surface area contributed by atoms with Crippen molar-refractivity contribution in [2.45, 2.75) is 32.6 Å². The molecule has 0 saturated heterocycles. The second-order valence-corrected chi connectivity index (χ2v) is 4.83. The van der Waals surface area contributed by atoms with Crippen molar-refractivity contribution in [2.24, 2.45) is 0 Å². The number of carbonyl (C=O) groups is 1. The summed E-state index contributed by atoms with van der Waals surface area (Å²) in [7, 11) is 3.63. The minimum Gasteiger partial charge on any atom is -0.289 e. The molecule has 0 saturated carbocycles. The van der Waals surface area contributed by atoms with E-state index in [0.29, 0.717) is 12.3 Å². The van der Waals surface area contributed by atoms with Crippen LogP contribution in [0.5, 0.6) is 0 Å². The van der Waals surface area contributed by atoms with Crippen molar-refractivity contribution >= 4 is 5.91 Å². The van der Waals surface area contributed by atoms with Crippen molar-refractivity contribution in [2.75, 3.05) is 14.1 Å². The Balaban J connectivity index is 2.44. The quantitative estimate of drug-likeness (QED) is 0.793. The van der Waals surface area contributed by atoms with Crippen LogP contribution < -0.4 is 5.43 Å². The Morgan fingerprint density at radius 2 is 1.82 bits per heavy atom. The van der Waals surface area contributed by atoms with E-state index in [4.69, 9.17) is 0 Å². The molecule has 1 N–H and O–H groups in total. The molecule has 0 unspecified atom stereocenters. The van der Waals surface area contributed by atoms with Crippen LogP contribution in [0.1, 0.15) is 37.3 Å². The van der Waals surface area contributed by atoms with Gasteiger partial charge in [0.15, 0.2) is 0 Å². The molecule has 0 aliphatic heterocycles. The highest BCUT2D eigenvalue weighted by Crippen LogP contribution is 2.15. The SMILES string of the molecule is CC(C)c1ccc(CCC(=O)NN(C)C)cc1. The third-order valence-corrected chi connectivity index (χ3v) is 2.64. The van der Waals surface area contributed by atoms with Crippen LogP contribution in [0.15, 0.2) is 24.3 Å². The molecule has 0 heterocycles. The van der Waals surface area contributed by atoms with Crippen LogP contribution in [0.3, 0.4) is 0 Å². The zero-order valence-corrected chi connectivity index (χ0v) is 11.2. The standard InChI is InChI=1S/C14H22N2O/c1-11(2)13-8-5-12(6-9-13)7-10-14(17)15-16(3)4/h5-6,8-9,11H,7,10H2,1-4H3,(H,15,17). The van der Waals surface area contributed by atoms with Gasteiger partial charge >= 0.3 is 0 Å². The fourth-order valence-corrected chi connectivity index (χ4v) is 1.63. The van der Waals surface area contributed by atoms with E-state index in [2.05, 4.69) is 43.5 Å². The third-order valence-electron chi connectivity index (χ3n) is 2.64. The van der Waals surface area contributed by atoms with Gasteiger partial charge in [0.1, 0.15) is 0 Å². The Kier molecular flexibility index (Phi) is 5.16. The highest BCUT2D eigenvalue weighted by molar-refractivity contribution is 5.75. The average molecular weight is 234 g/mol. The van der Waals surface area contributed by atoms with Crippen molar-refractivity contribution in [3.8, 4) is 0 Å². The molecule has 1 rings (SSSR count). The van der Waals surface area contributed by atoms with E-state index < -0.39 is 0 Å². The largest absolute Gasteiger partial charge is 0.289 e. The van der Waals surface area contributed by atoms with E-state index >= 15 is 0 Å². The number of nitrogens with zero attached hydrogens (tertiary/aromatic N) is 1. The lowest BCUT2D eigenvalue weighted by Gasteiger charge is -2.11. The minimum absolute atomic E-state index is 0.0583. The Labute approximate surface area is 104 Å². The maximum atomic E-state index is 11.4. The molecule has 3 nitrogen and oxygen atoms in total. The van der Waals surface area contributed by atoms with E-state index in [1.54, 1.807) is 5.01 Å². The van der Waals surface area contributed by atoms with Crippen LogP contribution in [0.25, 0.3) is 0 Å². The summed E-state index contributed by atoms with van der Waals surface area (Å²) in [5.41, 5.74) is 5.29. The smallest absolute Gasteiger partial charge is 0.234 e. The number of aryl methyl sites for hydroxylation is 1. The molecule has 0 aliphatic rings. The van der Waals surface area contributed by atoms with Gasteiger partial charge in [-0.2, -0.15) is 0 Å². The summed E-state index contributed by atoms with van der Waals surface area (Å²) in [5.74, 6) is 0.615. The van der Waals surface area contributed by atoms with Gasteiger partial charge in [-0.3, -0.25) is 10.2 Å². The Morgan fingerprint density at radius 3 is 2.29 bits per heavy atom. The van der Waals surface area contributed by atoms with Crippen LogP contribution >= 0.6 is 0 Å². The molecule has 0 aliphatic carbocycles. The molecule has 1 amide bonds. The van der Waals surface area contributed by atoms with E-state index in [1.807, 2.05) is 14.1 Å². The molecule has 0 aromatic heterocycles. The minimum atomic E-state index is 0.0583. The van der Waals surface area contributed by atoms with E-state index in [1.165, 1.54) is 11.1 Å². The van der Waals surface area contributed by atoms with E-state index in [9.17, 15) is 4.79 Å². The molecule has 0 fully saturated rings. The maximum absolute atomic E-state index is 11.4. The monoisotopic (exact) mass is 234 g/mol. The van der Waals surface area contributed by atoms with Crippen molar-refractivity contribution in [1.82, 2.24) is 10.4 Å². The molecule has 0 spiro atoms. The first-order valence-corrected chi connectivity index (χ1v) is 6.04. The number of benzene rings is 1. The maximum Gasteiger partial charge on any atom is 0.234 e. The summed E-state index contributed by atoms with van der Waals surface area (Å²) in [6.07, 6.45) is 1.32. The molecule has 1 aromatic carbocycles. The molecular weight excluding hydrogens is 212 g/mol. The molecule has 1 aromatic rings. The van der Waals surface area contributed by atoms with Gasteiger partial charge in [0.05, 0.1) is 0 Å². The highest BCUT2D eigenvalue weighted by Gasteiger charge is 2.03. The van der Waals surface area contributed by atoms with Gasteiger partial charge < -0.3 is 0 Å². The van der Waals surface area contributed by atoms with Crippen molar-refractivity contribution < 1.29 is 4.79 Å². The molecule has 17 heavy (non-hydrogen) atoms. The number of hydrazine groups is 1. The summed E-state index contributed by atoms with van der Waals surface area (Å²) in [4.78, 5) is 11.4. The molecule has 3 heteroatoms. The summed E-state index contributed by atoms with van der Waals surface area (Å²) in [6, 6.07) is 8.50. The van der Waals surface area contributed by atoms with Crippen molar-refractivity contribution in [3.63, 3.8) is 0 Å². The fraction of sp³-hybridized carbons (Fsp3) is 0.500. The molecule has 94 valence electrons. The lowest BCUT2D eigenvalue weighted by molar-refractivity contribution is -0.124. The first-order chi connectivity index (χ1) is 7.99. The van der Waals surface area contributed by atoms with Gasteiger partial charge in [-0.05, 0) is 23.5 Å². The van der Waals surface area contributed by atoms with Gasteiger partial charge in [0.2, 0.25) is 5.91 Å². The Hall–Kier alpha value is -1.35. The van der Waals surface area contributed by atoms with Crippen LogP contribution in [0, 0.1) is 0 Å². The second-order valence-electron chi connectivity index (χ2n) is 4.83. The molecule has 0 radical (unpaired) electrons. The average Bonchev–Trinajstić information content (AvgIpc) is 2.26. The predicted octanol–water partition coefficient (Wildman–Crippen LogP) is 2.34. The van der Waals surface area contributed by atoms with Crippen LogP contribution in [0.2, 0.25) is 0 Å². The predicted molar refractivity (Wildman–Crippen MR) is 70.7 cm³/mol. The van der Waals surface area contributed by atoms with Crippen molar-refractivity contribution in [1.29, 1.82) is 0 Å². The fourth-order valence-electron chi connectivity index (χ4n) is 1.63. The molecular formula is C14H22N2O. The van der Waals surface area contributed by atoms with Gasteiger partial charge in [-0.15, -0.1) is 0 Å². The van der Waals surface area contributed by atoms with Crippen LogP contribution in [-0.4, -0.2) is 25.0 Å². The van der Waals surface area contributed by atoms with E-state index in [-0.39, 0.29) is 5.91 Å². The Morgan fingerprint density at radius 1 is 1.24 bits per heavy atom. The Bertz CT molecular complexity index is 355. The third kappa shape index (κ3) is 5.00. The zero-order chi connectivity index (χ0) is 12.8. The number of rotatable bonds is 5.